The Kier molecular flexibility index (Phi) is 7.56. The summed E-state index contributed by atoms with van der Waals surface area (Å²) in [5.74, 6) is -2.18. The lowest BCUT2D eigenvalue weighted by Crippen LogP contribution is -2.50. The van der Waals surface area contributed by atoms with Crippen LogP contribution in [0.1, 0.15) is 33.6 Å². The van der Waals surface area contributed by atoms with Crippen molar-refractivity contribution in [2.24, 2.45) is 5.92 Å². The van der Waals surface area contributed by atoms with E-state index in [0.717, 1.165) is 0 Å². The molecular formula is C21H20BrF2N3O4. The SMILES string of the molecule is O=C(NNC(=O)C1CCCN(C(=O)c2ccccc2OC(F)F)C1)c1ccccc1Br. The van der Waals surface area contributed by atoms with Crippen LogP contribution in [-0.4, -0.2) is 42.3 Å². The molecule has 0 aliphatic carbocycles. The Balaban J connectivity index is 1.61. The number of amides is 3. The summed E-state index contributed by atoms with van der Waals surface area (Å²) in [6, 6.07) is 12.5. The molecule has 31 heavy (non-hydrogen) atoms. The molecule has 1 aliphatic heterocycles. The van der Waals surface area contributed by atoms with Crippen molar-refractivity contribution in [2.75, 3.05) is 13.1 Å². The number of benzene rings is 2. The van der Waals surface area contributed by atoms with E-state index < -0.39 is 30.3 Å². The van der Waals surface area contributed by atoms with Crippen LogP contribution in [0.3, 0.4) is 0 Å². The lowest BCUT2D eigenvalue weighted by molar-refractivity contribution is -0.127. The maximum Gasteiger partial charge on any atom is 0.387 e. The number of likely N-dealkylation sites (tertiary alicyclic amines) is 1. The molecule has 164 valence electrons. The van der Waals surface area contributed by atoms with E-state index in [9.17, 15) is 23.2 Å². The molecule has 7 nitrogen and oxygen atoms in total. The predicted octanol–water partition coefficient (Wildman–Crippen LogP) is 3.36. The van der Waals surface area contributed by atoms with E-state index in [1.807, 2.05) is 0 Å². The summed E-state index contributed by atoms with van der Waals surface area (Å²) in [4.78, 5) is 39.1. The van der Waals surface area contributed by atoms with E-state index in [-0.39, 0.29) is 17.9 Å². The van der Waals surface area contributed by atoms with Gasteiger partial charge < -0.3 is 9.64 Å². The number of halogens is 3. The first-order chi connectivity index (χ1) is 14.9. The van der Waals surface area contributed by atoms with Crippen molar-refractivity contribution in [1.82, 2.24) is 15.8 Å². The molecule has 1 unspecified atom stereocenters. The number of carbonyl (C=O) groups excluding carboxylic acids is 3. The third-order valence-corrected chi connectivity index (χ3v) is 5.52. The van der Waals surface area contributed by atoms with E-state index >= 15 is 0 Å². The summed E-state index contributed by atoms with van der Waals surface area (Å²) in [6.07, 6.45) is 1.08. The largest absolute Gasteiger partial charge is 0.434 e. The van der Waals surface area contributed by atoms with Gasteiger partial charge in [-0.25, -0.2) is 0 Å². The molecule has 3 rings (SSSR count). The van der Waals surface area contributed by atoms with Gasteiger partial charge in [0.15, 0.2) is 0 Å². The van der Waals surface area contributed by atoms with Crippen LogP contribution >= 0.6 is 15.9 Å². The zero-order valence-corrected chi connectivity index (χ0v) is 17.9. The van der Waals surface area contributed by atoms with Gasteiger partial charge in [-0.3, -0.25) is 25.2 Å². The van der Waals surface area contributed by atoms with Gasteiger partial charge in [-0.05, 0) is 53.0 Å². The second-order valence-electron chi connectivity index (χ2n) is 6.89. The monoisotopic (exact) mass is 495 g/mol. The van der Waals surface area contributed by atoms with Crippen molar-refractivity contribution in [1.29, 1.82) is 0 Å². The fourth-order valence-corrected chi connectivity index (χ4v) is 3.79. The second kappa shape index (κ2) is 10.3. The average molecular weight is 496 g/mol. The van der Waals surface area contributed by atoms with E-state index in [1.54, 1.807) is 30.3 Å². The Hall–Kier alpha value is -3.01. The van der Waals surface area contributed by atoms with Crippen LogP contribution in [0.4, 0.5) is 8.78 Å². The number of hydrazine groups is 1. The van der Waals surface area contributed by atoms with Crippen LogP contribution in [0, 0.1) is 5.92 Å². The number of hydrogen-bond donors (Lipinski definition) is 2. The molecular weight excluding hydrogens is 476 g/mol. The predicted molar refractivity (Wildman–Crippen MR) is 111 cm³/mol. The molecule has 2 aromatic carbocycles. The van der Waals surface area contributed by atoms with E-state index in [0.29, 0.717) is 29.4 Å². The molecule has 0 spiro atoms. The van der Waals surface area contributed by atoms with Gasteiger partial charge in [-0.2, -0.15) is 8.78 Å². The lowest BCUT2D eigenvalue weighted by Gasteiger charge is -2.32. The van der Waals surface area contributed by atoms with Crippen LogP contribution in [0.15, 0.2) is 53.0 Å². The van der Waals surface area contributed by atoms with Crippen molar-refractivity contribution >= 4 is 33.7 Å². The minimum Gasteiger partial charge on any atom is -0.434 e. The summed E-state index contributed by atoms with van der Waals surface area (Å²) in [6.45, 7) is -2.57. The quantitative estimate of drug-likeness (QED) is 0.622. The lowest BCUT2D eigenvalue weighted by atomic mass is 9.96. The van der Waals surface area contributed by atoms with Crippen molar-refractivity contribution in [3.05, 3.63) is 64.1 Å². The Bertz CT molecular complexity index is 973. The molecule has 0 saturated carbocycles. The number of nitrogens with zero attached hydrogens (tertiary/aromatic N) is 1. The van der Waals surface area contributed by atoms with Crippen LogP contribution in [0.2, 0.25) is 0 Å². The first kappa shape index (κ1) is 22.7. The summed E-state index contributed by atoms with van der Waals surface area (Å²) in [7, 11) is 0. The minimum atomic E-state index is -3.05. The van der Waals surface area contributed by atoms with Crippen LogP contribution < -0.4 is 15.6 Å². The smallest absolute Gasteiger partial charge is 0.387 e. The zero-order valence-electron chi connectivity index (χ0n) is 16.3. The normalized spacial score (nSPS) is 16.0. The van der Waals surface area contributed by atoms with Gasteiger partial charge in [-0.1, -0.05) is 24.3 Å². The summed E-state index contributed by atoms with van der Waals surface area (Å²) in [5, 5.41) is 0. The van der Waals surface area contributed by atoms with Gasteiger partial charge in [0.2, 0.25) is 5.91 Å². The Morgan fingerprint density at radius 3 is 2.42 bits per heavy atom. The Morgan fingerprint density at radius 2 is 1.71 bits per heavy atom. The van der Waals surface area contributed by atoms with Crippen LogP contribution in [0.5, 0.6) is 5.75 Å². The summed E-state index contributed by atoms with van der Waals surface area (Å²) >= 11 is 3.27. The number of hydrogen-bond acceptors (Lipinski definition) is 4. The molecule has 1 aliphatic rings. The highest BCUT2D eigenvalue weighted by Gasteiger charge is 2.30. The molecule has 2 N–H and O–H groups in total. The van der Waals surface area contributed by atoms with Crippen molar-refractivity contribution in [2.45, 2.75) is 19.5 Å². The molecule has 1 fully saturated rings. The molecule has 1 saturated heterocycles. The highest BCUT2D eigenvalue weighted by molar-refractivity contribution is 9.10. The highest BCUT2D eigenvalue weighted by atomic mass is 79.9. The Labute approximate surface area is 185 Å². The van der Waals surface area contributed by atoms with E-state index in [4.69, 9.17) is 0 Å². The maximum atomic E-state index is 12.9. The van der Waals surface area contributed by atoms with Gasteiger partial charge in [0.1, 0.15) is 5.75 Å². The molecule has 0 bridgehead atoms. The van der Waals surface area contributed by atoms with E-state index in [2.05, 4.69) is 31.5 Å². The van der Waals surface area contributed by atoms with Gasteiger partial charge in [0.25, 0.3) is 11.8 Å². The third kappa shape index (κ3) is 5.78. The number of alkyl halides is 2. The molecule has 0 aromatic heterocycles. The van der Waals surface area contributed by atoms with Gasteiger partial charge >= 0.3 is 6.61 Å². The van der Waals surface area contributed by atoms with Crippen LogP contribution in [-0.2, 0) is 4.79 Å². The van der Waals surface area contributed by atoms with Crippen molar-refractivity contribution in [3.63, 3.8) is 0 Å². The second-order valence-corrected chi connectivity index (χ2v) is 7.74. The van der Waals surface area contributed by atoms with Crippen molar-refractivity contribution in [3.8, 4) is 5.75 Å². The first-order valence-corrected chi connectivity index (χ1v) is 10.3. The molecule has 1 atom stereocenters. The van der Waals surface area contributed by atoms with Gasteiger partial charge in [-0.15, -0.1) is 0 Å². The number of piperidine rings is 1. The number of ether oxygens (including phenoxy) is 1. The van der Waals surface area contributed by atoms with Gasteiger partial charge in [0, 0.05) is 17.6 Å². The van der Waals surface area contributed by atoms with E-state index in [1.165, 1.54) is 23.1 Å². The number of rotatable bonds is 5. The fraction of sp³-hybridized carbons (Fsp3) is 0.286. The molecule has 3 amide bonds. The topological polar surface area (TPSA) is 87.7 Å². The highest BCUT2D eigenvalue weighted by Crippen LogP contribution is 2.25. The average Bonchev–Trinajstić information content (AvgIpc) is 2.77. The minimum absolute atomic E-state index is 0.00564. The molecule has 0 radical (unpaired) electrons. The van der Waals surface area contributed by atoms with Crippen molar-refractivity contribution < 1.29 is 27.9 Å². The zero-order chi connectivity index (χ0) is 22.4. The fourth-order valence-electron chi connectivity index (χ4n) is 3.32. The Morgan fingerprint density at radius 1 is 1.03 bits per heavy atom. The summed E-state index contributed by atoms with van der Waals surface area (Å²) in [5.41, 5.74) is 5.13. The van der Waals surface area contributed by atoms with Gasteiger partial charge in [0.05, 0.1) is 17.0 Å². The molecule has 1 heterocycles. The summed E-state index contributed by atoms with van der Waals surface area (Å²) < 4.78 is 30.3. The number of carbonyl (C=O) groups is 3. The number of para-hydroxylation sites is 1. The van der Waals surface area contributed by atoms with Crippen LogP contribution in [0.25, 0.3) is 0 Å². The standard InChI is InChI=1S/C21H20BrF2N3O4/c22-16-9-3-1-7-14(16)19(29)26-25-18(28)13-6-5-11-27(12-13)20(30)15-8-2-4-10-17(15)31-21(23)24/h1-4,7-10,13,21H,5-6,11-12H2,(H,25,28)(H,26,29). The number of nitrogens with one attached hydrogen (secondary N) is 2. The molecule has 2 aromatic rings. The molecule has 10 heteroatoms. The first-order valence-electron chi connectivity index (χ1n) is 9.54. The maximum absolute atomic E-state index is 12.9. The third-order valence-electron chi connectivity index (χ3n) is 4.83.